The van der Waals surface area contributed by atoms with Crippen LogP contribution in [0.5, 0.6) is 0 Å². The normalized spacial score (nSPS) is 14.4. The quantitative estimate of drug-likeness (QED) is 0.329. The van der Waals surface area contributed by atoms with E-state index in [1.807, 2.05) is 12.1 Å². The Bertz CT molecular complexity index is 1450. The minimum Gasteiger partial charge on any atom is -0.291 e. The van der Waals surface area contributed by atoms with Crippen molar-refractivity contribution in [2.75, 3.05) is 0 Å². The van der Waals surface area contributed by atoms with Crippen LogP contribution in [-0.2, 0) is 0 Å². The molecule has 2 nitrogen and oxygen atoms in total. The summed E-state index contributed by atoms with van der Waals surface area (Å²) in [6, 6.07) is 31.5. The first-order valence-corrected chi connectivity index (χ1v) is 11.2. The molecule has 2 aliphatic rings. The molecule has 0 aliphatic heterocycles. The van der Waals surface area contributed by atoms with Crippen LogP contribution in [0.15, 0.2) is 145 Å². The number of benzene rings is 3. The molecule has 0 spiro atoms. The molecule has 0 amide bonds. The highest BCUT2D eigenvalue weighted by atomic mass is 15.1. The maximum atomic E-state index is 5.27. The Morgan fingerprint density at radius 3 is 1.76 bits per heavy atom. The lowest BCUT2D eigenvalue weighted by Crippen LogP contribution is -2.04. The van der Waals surface area contributed by atoms with Crippen LogP contribution in [0.1, 0.15) is 0 Å². The van der Waals surface area contributed by atoms with Gasteiger partial charge in [-0.3, -0.25) is 4.57 Å². The van der Waals surface area contributed by atoms with Crippen LogP contribution >= 0.6 is 0 Å². The van der Waals surface area contributed by atoms with Gasteiger partial charge in [-0.2, -0.15) is 0 Å². The van der Waals surface area contributed by atoms with Gasteiger partial charge in [0, 0.05) is 22.3 Å². The minimum absolute atomic E-state index is 0.937. The standard InChI is InChI=1S/C31H22N2/c1-4-15-24(16-5-1)29-30(25-17-6-2-7-18-25)33(31(32-29)26-19-8-3-9-20-26)28-22-12-21-27(28)23-13-10-11-14-23/h1-22H. The third-order valence-corrected chi connectivity index (χ3v) is 6.01. The van der Waals surface area contributed by atoms with Crippen LogP contribution in [0.2, 0.25) is 0 Å². The molecule has 156 valence electrons. The Labute approximate surface area is 193 Å². The zero-order valence-electron chi connectivity index (χ0n) is 18.1. The Kier molecular flexibility index (Phi) is 4.82. The van der Waals surface area contributed by atoms with E-state index in [2.05, 4.69) is 126 Å². The molecule has 33 heavy (non-hydrogen) atoms. The summed E-state index contributed by atoms with van der Waals surface area (Å²) >= 11 is 0. The molecule has 0 atom stereocenters. The van der Waals surface area contributed by atoms with Crippen molar-refractivity contribution >= 4 is 5.70 Å². The zero-order valence-corrected chi connectivity index (χ0v) is 18.1. The number of hydrogen-bond acceptors (Lipinski definition) is 1. The molecule has 2 aliphatic carbocycles. The number of nitrogens with zero attached hydrogens (tertiary/aromatic N) is 2. The molecule has 6 rings (SSSR count). The average Bonchev–Trinajstić information content (AvgIpc) is 3.65. The fraction of sp³-hybridized carbons (Fsp3) is 0. The van der Waals surface area contributed by atoms with Crippen LogP contribution < -0.4 is 0 Å². The van der Waals surface area contributed by atoms with Gasteiger partial charge < -0.3 is 0 Å². The van der Waals surface area contributed by atoms with Gasteiger partial charge in [0.1, 0.15) is 5.82 Å². The van der Waals surface area contributed by atoms with Crippen LogP contribution in [0.25, 0.3) is 39.6 Å². The van der Waals surface area contributed by atoms with Crippen molar-refractivity contribution in [3.8, 4) is 33.9 Å². The Hall–Kier alpha value is -4.43. The highest BCUT2D eigenvalue weighted by Gasteiger charge is 2.25. The van der Waals surface area contributed by atoms with Crippen molar-refractivity contribution in [1.29, 1.82) is 0 Å². The maximum Gasteiger partial charge on any atom is 0.145 e. The summed E-state index contributed by atoms with van der Waals surface area (Å²) in [7, 11) is 0. The van der Waals surface area contributed by atoms with Gasteiger partial charge >= 0.3 is 0 Å². The van der Waals surface area contributed by atoms with E-state index >= 15 is 0 Å². The number of imidazole rings is 1. The second-order valence-electron chi connectivity index (χ2n) is 8.06. The lowest BCUT2D eigenvalue weighted by atomic mass is 10.0. The van der Waals surface area contributed by atoms with Gasteiger partial charge in [0.15, 0.2) is 0 Å². The van der Waals surface area contributed by atoms with Crippen molar-refractivity contribution in [2.24, 2.45) is 0 Å². The first-order valence-electron chi connectivity index (χ1n) is 11.2. The largest absolute Gasteiger partial charge is 0.291 e. The molecule has 0 unspecified atom stereocenters. The molecule has 0 bridgehead atoms. The van der Waals surface area contributed by atoms with Gasteiger partial charge in [-0.15, -0.1) is 0 Å². The lowest BCUT2D eigenvalue weighted by Gasteiger charge is -2.17. The highest BCUT2D eigenvalue weighted by molar-refractivity contribution is 5.90. The fourth-order valence-electron chi connectivity index (χ4n) is 4.50. The van der Waals surface area contributed by atoms with E-state index in [4.69, 9.17) is 4.98 Å². The van der Waals surface area contributed by atoms with E-state index in [0.29, 0.717) is 0 Å². The molecular formula is C31H22N2. The van der Waals surface area contributed by atoms with E-state index in [-0.39, 0.29) is 0 Å². The Balaban J connectivity index is 1.70. The molecule has 4 aromatic rings. The molecule has 0 saturated carbocycles. The van der Waals surface area contributed by atoms with E-state index in [1.165, 1.54) is 11.1 Å². The summed E-state index contributed by atoms with van der Waals surface area (Å²) in [5.41, 5.74) is 8.96. The van der Waals surface area contributed by atoms with E-state index in [9.17, 15) is 0 Å². The second-order valence-corrected chi connectivity index (χ2v) is 8.06. The van der Waals surface area contributed by atoms with Gasteiger partial charge in [-0.25, -0.2) is 4.98 Å². The van der Waals surface area contributed by atoms with Crippen molar-refractivity contribution in [3.05, 3.63) is 145 Å². The summed E-state index contributed by atoms with van der Waals surface area (Å²) in [5, 5.41) is 0. The van der Waals surface area contributed by atoms with Gasteiger partial charge in [-0.05, 0) is 11.6 Å². The first-order chi connectivity index (χ1) is 16.4. The van der Waals surface area contributed by atoms with Crippen LogP contribution in [-0.4, -0.2) is 9.55 Å². The molecule has 0 N–H and O–H groups in total. The maximum absolute atomic E-state index is 5.27. The average molecular weight is 423 g/mol. The summed E-state index contributed by atoms with van der Waals surface area (Å²) in [4.78, 5) is 5.27. The number of aromatic nitrogens is 2. The fourth-order valence-corrected chi connectivity index (χ4v) is 4.50. The SMILES string of the molecule is C1=CC(=C2C=CC=C2n2c(-c3ccccc3)nc(-c3ccccc3)c2-c2ccccc2)C=C1. The van der Waals surface area contributed by atoms with Crippen LogP contribution in [0, 0.1) is 0 Å². The van der Waals surface area contributed by atoms with Gasteiger partial charge in [0.25, 0.3) is 0 Å². The third-order valence-electron chi connectivity index (χ3n) is 6.01. The predicted molar refractivity (Wildman–Crippen MR) is 137 cm³/mol. The smallest absolute Gasteiger partial charge is 0.145 e. The lowest BCUT2D eigenvalue weighted by molar-refractivity contribution is 1.11. The summed E-state index contributed by atoms with van der Waals surface area (Å²) in [6.07, 6.45) is 15.0. The number of rotatable bonds is 4. The molecule has 2 heteroatoms. The monoisotopic (exact) mass is 422 g/mol. The zero-order chi connectivity index (χ0) is 22.0. The number of allylic oxidation sites excluding steroid dienone is 10. The van der Waals surface area contributed by atoms with E-state index in [1.54, 1.807) is 0 Å². The molecule has 0 saturated heterocycles. The Morgan fingerprint density at radius 2 is 1.12 bits per heavy atom. The van der Waals surface area contributed by atoms with Crippen LogP contribution in [0.4, 0.5) is 0 Å². The van der Waals surface area contributed by atoms with Gasteiger partial charge in [0.05, 0.1) is 17.1 Å². The van der Waals surface area contributed by atoms with Crippen molar-refractivity contribution in [1.82, 2.24) is 9.55 Å². The van der Waals surface area contributed by atoms with E-state index < -0.39 is 0 Å². The minimum atomic E-state index is 0.937. The van der Waals surface area contributed by atoms with E-state index in [0.717, 1.165) is 39.6 Å². The topological polar surface area (TPSA) is 17.8 Å². The summed E-state index contributed by atoms with van der Waals surface area (Å²) in [5.74, 6) is 0.937. The molecule has 3 aromatic carbocycles. The second kappa shape index (κ2) is 8.25. The molecule has 0 radical (unpaired) electrons. The predicted octanol–water partition coefficient (Wildman–Crippen LogP) is 7.72. The van der Waals surface area contributed by atoms with Crippen molar-refractivity contribution in [3.63, 3.8) is 0 Å². The van der Waals surface area contributed by atoms with Crippen molar-refractivity contribution in [2.45, 2.75) is 0 Å². The molecule has 0 fully saturated rings. The molecule has 1 heterocycles. The summed E-state index contributed by atoms with van der Waals surface area (Å²) < 4.78 is 2.33. The van der Waals surface area contributed by atoms with Crippen LogP contribution in [0.3, 0.4) is 0 Å². The Morgan fingerprint density at radius 1 is 0.545 bits per heavy atom. The first kappa shape index (κ1) is 19.3. The van der Waals surface area contributed by atoms with Crippen molar-refractivity contribution < 1.29 is 0 Å². The highest BCUT2D eigenvalue weighted by Crippen LogP contribution is 2.42. The number of hydrogen-bond donors (Lipinski definition) is 0. The molecular weight excluding hydrogens is 400 g/mol. The third kappa shape index (κ3) is 3.42. The summed E-state index contributed by atoms with van der Waals surface area (Å²) in [6.45, 7) is 0. The van der Waals surface area contributed by atoms with Gasteiger partial charge in [-0.1, -0.05) is 127 Å². The molecule has 1 aromatic heterocycles. The van der Waals surface area contributed by atoms with Gasteiger partial charge in [0.2, 0.25) is 0 Å².